The van der Waals surface area contributed by atoms with Crippen LogP contribution in [0, 0.1) is 3.83 Å². The molecule has 0 radical (unpaired) electrons. The monoisotopic (exact) mass is 393 g/mol. The Morgan fingerprint density at radius 3 is 2.75 bits per heavy atom. The van der Waals surface area contributed by atoms with Crippen LogP contribution in [0.1, 0.15) is 6.23 Å². The van der Waals surface area contributed by atoms with Crippen molar-refractivity contribution >= 4 is 39.6 Å². The van der Waals surface area contributed by atoms with Gasteiger partial charge in [-0.05, 0) is 0 Å². The molecule has 9 nitrogen and oxygen atoms in total. The van der Waals surface area contributed by atoms with E-state index in [2.05, 4.69) is 15.0 Å². The Hall–Kier alpha value is -1.08. The second kappa shape index (κ2) is 5.04. The first-order valence-corrected chi connectivity index (χ1v) is 6.88. The molecule has 1 aliphatic rings. The number of hydrogen-bond donors (Lipinski definition) is 4. The number of ether oxygens (including phenoxy) is 1. The van der Waals surface area contributed by atoms with E-state index in [1.165, 1.54) is 10.9 Å². The molecule has 0 aliphatic carbocycles. The maximum Gasteiger partial charge on any atom is 0.194 e. The fraction of sp³-hybridized carbons (Fsp3) is 0.500. The summed E-state index contributed by atoms with van der Waals surface area (Å²) in [5.41, 5.74) is 6.55. The Balaban J connectivity index is 2.07. The van der Waals surface area contributed by atoms with Crippen LogP contribution in [0.4, 0.5) is 5.82 Å². The number of aliphatic hydroxyl groups excluding tert-OH is 3. The summed E-state index contributed by atoms with van der Waals surface area (Å²) in [7, 11) is 0. The molecule has 0 aromatic carbocycles. The molecule has 1 saturated heterocycles. The van der Waals surface area contributed by atoms with Gasteiger partial charge in [0, 0.05) is 22.6 Å². The number of anilines is 1. The first kappa shape index (κ1) is 13.9. The Labute approximate surface area is 126 Å². The third-order valence-corrected chi connectivity index (χ3v) is 3.69. The van der Waals surface area contributed by atoms with Crippen LogP contribution in [0.25, 0.3) is 11.2 Å². The standard InChI is InChI=1S/C10H12IN5O4/c11-10-14-7(12)4-8(15-10)16(2-13-4)9-6(19)5(18)3(1-17)20-9/h2-3,5-6,9,17-19H,1H2,(H2,12,14,15)/t3-,5?,6?,9-/m0/s1. The molecule has 2 unspecified atom stereocenters. The van der Waals surface area contributed by atoms with E-state index in [0.717, 1.165) is 0 Å². The zero-order valence-electron chi connectivity index (χ0n) is 10.1. The van der Waals surface area contributed by atoms with Crippen LogP contribution in [0.2, 0.25) is 0 Å². The van der Waals surface area contributed by atoms with Crippen LogP contribution in [-0.4, -0.2) is 59.8 Å². The van der Waals surface area contributed by atoms with Crippen molar-refractivity contribution in [3.05, 3.63) is 10.2 Å². The molecule has 2 aromatic rings. The summed E-state index contributed by atoms with van der Waals surface area (Å²) >= 11 is 1.92. The van der Waals surface area contributed by atoms with Gasteiger partial charge in [0.2, 0.25) is 0 Å². The minimum atomic E-state index is -1.20. The van der Waals surface area contributed by atoms with Crippen molar-refractivity contribution in [2.75, 3.05) is 12.3 Å². The largest absolute Gasteiger partial charge is 0.394 e. The highest BCUT2D eigenvalue weighted by atomic mass is 127. The van der Waals surface area contributed by atoms with Gasteiger partial charge in [-0.3, -0.25) is 4.57 Å². The summed E-state index contributed by atoms with van der Waals surface area (Å²) in [6, 6.07) is 0. The molecule has 1 fully saturated rings. The van der Waals surface area contributed by atoms with Crippen molar-refractivity contribution in [3.8, 4) is 0 Å². The zero-order valence-corrected chi connectivity index (χ0v) is 12.2. The molecule has 0 amide bonds. The Bertz CT molecular complexity index is 650. The van der Waals surface area contributed by atoms with Crippen LogP contribution in [0.5, 0.6) is 0 Å². The van der Waals surface area contributed by atoms with Gasteiger partial charge in [-0.2, -0.15) is 0 Å². The molecule has 10 heteroatoms. The summed E-state index contributed by atoms with van der Waals surface area (Å²) in [5.74, 6) is 0.227. The van der Waals surface area contributed by atoms with E-state index < -0.39 is 31.1 Å². The lowest BCUT2D eigenvalue weighted by Crippen LogP contribution is -2.33. The number of fused-ring (bicyclic) bond motifs is 1. The summed E-state index contributed by atoms with van der Waals surface area (Å²) in [5, 5.41) is 28.9. The van der Waals surface area contributed by atoms with Gasteiger partial charge in [-0.1, -0.05) is 0 Å². The van der Waals surface area contributed by atoms with E-state index in [1.54, 1.807) is 0 Å². The molecule has 2 aromatic heterocycles. The second-order valence-corrected chi connectivity index (χ2v) is 5.40. The Kier molecular flexibility index (Phi) is 3.50. The summed E-state index contributed by atoms with van der Waals surface area (Å²) in [6.45, 7) is -0.393. The lowest BCUT2D eigenvalue weighted by molar-refractivity contribution is -0.0511. The van der Waals surface area contributed by atoms with Gasteiger partial charge in [0.25, 0.3) is 0 Å². The van der Waals surface area contributed by atoms with Crippen LogP contribution in [0.3, 0.4) is 0 Å². The van der Waals surface area contributed by atoms with Crippen molar-refractivity contribution in [3.63, 3.8) is 0 Å². The molecule has 20 heavy (non-hydrogen) atoms. The van der Waals surface area contributed by atoms with Gasteiger partial charge in [0.05, 0.1) is 12.9 Å². The van der Waals surface area contributed by atoms with Crippen molar-refractivity contribution in [1.82, 2.24) is 19.5 Å². The third-order valence-electron chi connectivity index (χ3n) is 3.21. The third kappa shape index (κ3) is 2.03. The van der Waals surface area contributed by atoms with Crippen LogP contribution >= 0.6 is 22.6 Å². The molecule has 0 saturated carbocycles. The number of rotatable bonds is 2. The van der Waals surface area contributed by atoms with E-state index >= 15 is 0 Å². The number of halogens is 1. The first-order valence-electron chi connectivity index (χ1n) is 5.81. The van der Waals surface area contributed by atoms with E-state index in [9.17, 15) is 10.2 Å². The predicted octanol–water partition coefficient (Wildman–Crippen LogP) is -1.38. The lowest BCUT2D eigenvalue weighted by atomic mass is 10.1. The van der Waals surface area contributed by atoms with E-state index in [4.69, 9.17) is 15.6 Å². The highest BCUT2D eigenvalue weighted by Crippen LogP contribution is 2.31. The van der Waals surface area contributed by atoms with Gasteiger partial charge < -0.3 is 25.8 Å². The Morgan fingerprint density at radius 1 is 1.35 bits per heavy atom. The fourth-order valence-electron chi connectivity index (χ4n) is 2.21. The SMILES string of the molecule is Nc1nc(I)nc2c1ncn2[C@H]1O[C@@H](CO)C(O)C1O. The van der Waals surface area contributed by atoms with Crippen molar-refractivity contribution in [2.45, 2.75) is 24.5 Å². The van der Waals surface area contributed by atoms with E-state index in [1.807, 2.05) is 22.6 Å². The maximum absolute atomic E-state index is 10.0. The van der Waals surface area contributed by atoms with E-state index in [0.29, 0.717) is 15.0 Å². The smallest absolute Gasteiger partial charge is 0.194 e. The number of nitrogens with zero attached hydrogens (tertiary/aromatic N) is 4. The first-order chi connectivity index (χ1) is 9.52. The lowest BCUT2D eigenvalue weighted by Gasteiger charge is -2.16. The molecule has 5 N–H and O–H groups in total. The second-order valence-electron chi connectivity index (χ2n) is 4.43. The molecular weight excluding hydrogens is 381 g/mol. The molecule has 0 bridgehead atoms. The quantitative estimate of drug-likeness (QED) is 0.362. The van der Waals surface area contributed by atoms with Gasteiger partial charge in [0.1, 0.15) is 23.8 Å². The number of aromatic nitrogens is 4. The normalized spacial score (nSPS) is 30.2. The molecular formula is C10H12IN5O4. The molecule has 0 spiro atoms. The van der Waals surface area contributed by atoms with Crippen LogP contribution in [0.15, 0.2) is 6.33 Å². The number of imidazole rings is 1. The fourth-order valence-corrected chi connectivity index (χ4v) is 2.70. The minimum absolute atomic E-state index is 0.227. The number of nitrogens with two attached hydrogens (primary N) is 1. The van der Waals surface area contributed by atoms with Crippen molar-refractivity contribution < 1.29 is 20.1 Å². The van der Waals surface area contributed by atoms with Crippen molar-refractivity contribution in [2.24, 2.45) is 0 Å². The topological polar surface area (TPSA) is 140 Å². The summed E-state index contributed by atoms with van der Waals surface area (Å²) in [6.07, 6.45) is -2.71. The predicted molar refractivity (Wildman–Crippen MR) is 75.5 cm³/mol. The number of hydrogen-bond acceptors (Lipinski definition) is 8. The molecule has 1 aliphatic heterocycles. The number of nitrogen functional groups attached to an aromatic ring is 1. The molecule has 4 atom stereocenters. The molecule has 108 valence electrons. The summed E-state index contributed by atoms with van der Waals surface area (Å²) < 4.78 is 7.34. The minimum Gasteiger partial charge on any atom is -0.394 e. The number of aliphatic hydroxyl groups is 3. The van der Waals surface area contributed by atoms with Gasteiger partial charge in [-0.15, -0.1) is 0 Å². The van der Waals surface area contributed by atoms with Gasteiger partial charge >= 0.3 is 0 Å². The van der Waals surface area contributed by atoms with Gasteiger partial charge in [0.15, 0.2) is 21.5 Å². The van der Waals surface area contributed by atoms with Crippen LogP contribution < -0.4 is 5.73 Å². The highest BCUT2D eigenvalue weighted by molar-refractivity contribution is 14.1. The highest BCUT2D eigenvalue weighted by Gasteiger charge is 2.44. The molecule has 3 rings (SSSR count). The van der Waals surface area contributed by atoms with Crippen molar-refractivity contribution in [1.29, 1.82) is 0 Å². The van der Waals surface area contributed by atoms with E-state index in [-0.39, 0.29) is 5.82 Å². The average molecular weight is 393 g/mol. The molecule has 3 heterocycles. The Morgan fingerprint density at radius 2 is 2.10 bits per heavy atom. The zero-order chi connectivity index (χ0) is 14.4. The van der Waals surface area contributed by atoms with Gasteiger partial charge in [-0.25, -0.2) is 15.0 Å². The summed E-state index contributed by atoms with van der Waals surface area (Å²) in [4.78, 5) is 12.3. The van der Waals surface area contributed by atoms with Crippen LogP contribution in [-0.2, 0) is 4.74 Å². The average Bonchev–Trinajstić information content (AvgIpc) is 2.93. The maximum atomic E-state index is 10.0.